The maximum atomic E-state index is 12.3. The number of alkyl halides is 3. The van der Waals surface area contributed by atoms with Gasteiger partial charge in [0.2, 0.25) is 5.91 Å². The minimum absolute atomic E-state index is 0.0953. The summed E-state index contributed by atoms with van der Waals surface area (Å²) in [6.45, 7) is 2.83. The highest BCUT2D eigenvalue weighted by molar-refractivity contribution is 5.76. The largest absolute Gasteiger partial charge is 0.389 e. The Morgan fingerprint density at radius 2 is 2.16 bits per heavy atom. The van der Waals surface area contributed by atoms with Crippen molar-refractivity contribution in [1.29, 1.82) is 0 Å². The summed E-state index contributed by atoms with van der Waals surface area (Å²) in [5.41, 5.74) is 0. The van der Waals surface area contributed by atoms with Crippen molar-refractivity contribution in [3.8, 4) is 0 Å². The molecule has 1 aliphatic rings. The number of rotatable bonds is 7. The zero-order chi connectivity index (χ0) is 18.4. The third-order valence-corrected chi connectivity index (χ3v) is 4.51. The standard InChI is InChI=1S/C17H27F3N4O/c1-22(2)9-4-11-23-12-8-21-16(23)14-5-3-10-24(13-14)15(25)6-7-17(18,19)20/h8,12,14H,3-7,9-11,13H2,1-2H3/t14-/m1/s1. The molecular weight excluding hydrogens is 333 g/mol. The third kappa shape index (κ3) is 6.34. The molecule has 0 radical (unpaired) electrons. The third-order valence-electron chi connectivity index (χ3n) is 4.51. The van der Waals surface area contributed by atoms with E-state index in [4.69, 9.17) is 0 Å². The highest BCUT2D eigenvalue weighted by Gasteiger charge is 2.31. The molecule has 0 unspecified atom stereocenters. The molecule has 8 heteroatoms. The van der Waals surface area contributed by atoms with E-state index in [0.717, 1.165) is 38.2 Å². The van der Waals surface area contributed by atoms with Crippen LogP contribution in [0.15, 0.2) is 12.4 Å². The van der Waals surface area contributed by atoms with Crippen molar-refractivity contribution in [3.63, 3.8) is 0 Å². The van der Waals surface area contributed by atoms with Gasteiger partial charge in [0.05, 0.1) is 6.42 Å². The molecule has 0 aromatic carbocycles. The first-order valence-corrected chi connectivity index (χ1v) is 8.76. The van der Waals surface area contributed by atoms with Gasteiger partial charge in [0.15, 0.2) is 0 Å². The predicted octanol–water partition coefficient (Wildman–Crippen LogP) is 2.88. The van der Waals surface area contributed by atoms with Crippen LogP contribution in [-0.2, 0) is 11.3 Å². The van der Waals surface area contributed by atoms with E-state index in [1.807, 2.05) is 20.3 Å². The minimum Gasteiger partial charge on any atom is -0.342 e. The van der Waals surface area contributed by atoms with Crippen LogP contribution < -0.4 is 0 Å². The maximum Gasteiger partial charge on any atom is 0.389 e. The Labute approximate surface area is 146 Å². The fourth-order valence-electron chi connectivity index (χ4n) is 3.25. The summed E-state index contributed by atoms with van der Waals surface area (Å²) >= 11 is 0. The molecule has 1 aliphatic heterocycles. The topological polar surface area (TPSA) is 41.4 Å². The fraction of sp³-hybridized carbons (Fsp3) is 0.765. The summed E-state index contributed by atoms with van der Waals surface area (Å²) in [4.78, 5) is 20.2. The number of nitrogens with zero attached hydrogens (tertiary/aromatic N) is 4. The van der Waals surface area contributed by atoms with Crippen LogP contribution in [0.1, 0.15) is 43.8 Å². The molecule has 2 heterocycles. The van der Waals surface area contributed by atoms with Crippen molar-refractivity contribution in [2.75, 3.05) is 33.7 Å². The fourth-order valence-corrected chi connectivity index (χ4v) is 3.25. The molecule has 1 saturated heterocycles. The van der Waals surface area contributed by atoms with Gasteiger partial charge in [-0.05, 0) is 39.9 Å². The second kappa shape index (κ2) is 8.69. The van der Waals surface area contributed by atoms with Gasteiger partial charge in [-0.2, -0.15) is 13.2 Å². The van der Waals surface area contributed by atoms with Crippen LogP contribution in [0.25, 0.3) is 0 Å². The number of hydrogen-bond acceptors (Lipinski definition) is 3. The lowest BCUT2D eigenvalue weighted by molar-refractivity contribution is -0.149. The first-order valence-electron chi connectivity index (χ1n) is 8.76. The normalized spacial score (nSPS) is 18.8. The van der Waals surface area contributed by atoms with Gasteiger partial charge in [-0.1, -0.05) is 0 Å². The summed E-state index contributed by atoms with van der Waals surface area (Å²) in [5.74, 6) is 0.623. The van der Waals surface area contributed by atoms with E-state index in [1.54, 1.807) is 11.1 Å². The molecule has 25 heavy (non-hydrogen) atoms. The number of hydrogen-bond donors (Lipinski definition) is 0. The van der Waals surface area contributed by atoms with Gasteiger partial charge < -0.3 is 14.4 Å². The average Bonchev–Trinajstić information content (AvgIpc) is 3.00. The Kier molecular flexibility index (Phi) is 6.87. The van der Waals surface area contributed by atoms with Gasteiger partial charge in [0.1, 0.15) is 5.82 Å². The molecular formula is C17H27F3N4O. The van der Waals surface area contributed by atoms with Crippen molar-refractivity contribution in [1.82, 2.24) is 19.4 Å². The SMILES string of the molecule is CN(C)CCCn1ccnc1[C@@H]1CCCN(C(=O)CCC(F)(F)F)C1. The number of halogens is 3. The molecule has 0 N–H and O–H groups in total. The molecule has 0 bridgehead atoms. The summed E-state index contributed by atoms with van der Waals surface area (Å²) in [6, 6.07) is 0. The van der Waals surface area contributed by atoms with E-state index in [-0.39, 0.29) is 5.92 Å². The van der Waals surface area contributed by atoms with Crippen LogP contribution >= 0.6 is 0 Å². The Hall–Kier alpha value is -1.57. The number of carbonyl (C=O) groups is 1. The van der Waals surface area contributed by atoms with Crippen LogP contribution in [-0.4, -0.2) is 65.2 Å². The Balaban J connectivity index is 1.92. The van der Waals surface area contributed by atoms with Crippen molar-refractivity contribution in [2.45, 2.75) is 50.7 Å². The van der Waals surface area contributed by atoms with Crippen molar-refractivity contribution >= 4 is 5.91 Å². The molecule has 142 valence electrons. The first-order chi connectivity index (χ1) is 11.8. The zero-order valence-electron chi connectivity index (χ0n) is 14.9. The Morgan fingerprint density at radius 3 is 2.84 bits per heavy atom. The lowest BCUT2D eigenvalue weighted by atomic mass is 9.96. The van der Waals surface area contributed by atoms with Gasteiger partial charge in [-0.3, -0.25) is 4.79 Å². The molecule has 0 aliphatic carbocycles. The van der Waals surface area contributed by atoms with Gasteiger partial charge in [0, 0.05) is 44.4 Å². The quantitative estimate of drug-likeness (QED) is 0.751. The second-order valence-corrected chi connectivity index (χ2v) is 6.93. The monoisotopic (exact) mass is 360 g/mol. The number of imidazole rings is 1. The highest BCUT2D eigenvalue weighted by Crippen LogP contribution is 2.28. The van der Waals surface area contributed by atoms with Crippen molar-refractivity contribution in [2.24, 2.45) is 0 Å². The number of likely N-dealkylation sites (tertiary alicyclic amines) is 1. The van der Waals surface area contributed by atoms with Gasteiger partial charge in [-0.25, -0.2) is 4.98 Å². The van der Waals surface area contributed by atoms with E-state index >= 15 is 0 Å². The Morgan fingerprint density at radius 1 is 1.40 bits per heavy atom. The van der Waals surface area contributed by atoms with Crippen molar-refractivity contribution < 1.29 is 18.0 Å². The first kappa shape index (κ1) is 19.8. The molecule has 1 aromatic rings. The van der Waals surface area contributed by atoms with E-state index in [9.17, 15) is 18.0 Å². The summed E-state index contributed by atoms with van der Waals surface area (Å²) in [5, 5.41) is 0. The van der Waals surface area contributed by atoms with Gasteiger partial charge in [0.25, 0.3) is 0 Å². The molecule has 1 amide bonds. The van der Waals surface area contributed by atoms with Crippen molar-refractivity contribution in [3.05, 3.63) is 18.2 Å². The smallest absolute Gasteiger partial charge is 0.342 e. The van der Waals surface area contributed by atoms with Crippen LogP contribution in [0.2, 0.25) is 0 Å². The number of aryl methyl sites for hydroxylation is 1. The maximum absolute atomic E-state index is 12.3. The highest BCUT2D eigenvalue weighted by atomic mass is 19.4. The summed E-state index contributed by atoms with van der Waals surface area (Å²) in [6.07, 6.45) is 0.607. The molecule has 5 nitrogen and oxygen atoms in total. The van der Waals surface area contributed by atoms with Crippen LogP contribution in [0.3, 0.4) is 0 Å². The molecule has 1 atom stereocenters. The molecule has 0 saturated carbocycles. The predicted molar refractivity (Wildman–Crippen MR) is 89.2 cm³/mol. The lowest BCUT2D eigenvalue weighted by Crippen LogP contribution is -2.40. The van der Waals surface area contributed by atoms with Gasteiger partial charge in [-0.15, -0.1) is 0 Å². The second-order valence-electron chi connectivity index (χ2n) is 6.93. The molecule has 2 rings (SSSR count). The molecule has 1 fully saturated rings. The zero-order valence-corrected chi connectivity index (χ0v) is 14.9. The summed E-state index contributed by atoms with van der Waals surface area (Å²) in [7, 11) is 4.06. The van der Waals surface area contributed by atoms with Crippen LogP contribution in [0, 0.1) is 0 Å². The molecule has 1 aromatic heterocycles. The van der Waals surface area contributed by atoms with E-state index in [1.165, 1.54) is 0 Å². The Bertz CT molecular complexity index is 556. The summed E-state index contributed by atoms with van der Waals surface area (Å²) < 4.78 is 39.1. The van der Waals surface area contributed by atoms with E-state index in [2.05, 4.69) is 14.5 Å². The number of amides is 1. The number of carbonyl (C=O) groups excluding carboxylic acids is 1. The minimum atomic E-state index is -4.28. The number of piperidine rings is 1. The number of aromatic nitrogens is 2. The van der Waals surface area contributed by atoms with Crippen LogP contribution in [0.5, 0.6) is 0 Å². The average molecular weight is 360 g/mol. The lowest BCUT2D eigenvalue weighted by Gasteiger charge is -2.33. The van der Waals surface area contributed by atoms with E-state index < -0.39 is 24.9 Å². The van der Waals surface area contributed by atoms with Crippen LogP contribution in [0.4, 0.5) is 13.2 Å². The van der Waals surface area contributed by atoms with Gasteiger partial charge >= 0.3 is 6.18 Å². The van der Waals surface area contributed by atoms with E-state index in [0.29, 0.717) is 13.1 Å². The molecule has 0 spiro atoms.